The Balaban J connectivity index is 2.37. The first-order chi connectivity index (χ1) is 10.2. The molecule has 0 aliphatic carbocycles. The molecule has 2 rings (SSSR count). The number of benzene rings is 2. The average Bonchev–Trinajstić information content (AvgIpc) is 2.43. The van der Waals surface area contributed by atoms with Crippen LogP contribution in [0.1, 0.15) is 10.4 Å². The minimum Gasteiger partial charge on any atom is -0.322 e. The van der Waals surface area contributed by atoms with Crippen molar-refractivity contribution in [1.82, 2.24) is 0 Å². The Kier molecular flexibility index (Phi) is 4.72. The van der Waals surface area contributed by atoms with E-state index >= 15 is 0 Å². The van der Waals surface area contributed by atoms with E-state index in [4.69, 9.17) is 28.3 Å². The minimum absolute atomic E-state index is 0.0199. The molecule has 0 unspecified atom stereocenters. The van der Waals surface area contributed by atoms with Crippen molar-refractivity contribution in [2.75, 3.05) is 5.32 Å². The molecule has 0 bridgehead atoms. The van der Waals surface area contributed by atoms with Crippen LogP contribution in [-0.2, 0) is 10.0 Å². The van der Waals surface area contributed by atoms with Gasteiger partial charge >= 0.3 is 0 Å². The van der Waals surface area contributed by atoms with Crippen LogP contribution >= 0.6 is 23.2 Å². The van der Waals surface area contributed by atoms with Crippen molar-refractivity contribution in [2.45, 2.75) is 4.90 Å². The molecule has 0 spiro atoms. The molecule has 0 aliphatic heterocycles. The highest BCUT2D eigenvalue weighted by atomic mass is 35.5. The van der Waals surface area contributed by atoms with Crippen LogP contribution in [0.5, 0.6) is 0 Å². The lowest BCUT2D eigenvalue weighted by Crippen LogP contribution is -2.16. The number of hydrogen-bond acceptors (Lipinski definition) is 3. The summed E-state index contributed by atoms with van der Waals surface area (Å²) in [5, 5.41) is 7.12. The minimum atomic E-state index is -3.92. The molecule has 5 nitrogen and oxygen atoms in total. The number of halogens is 3. The topological polar surface area (TPSA) is 89.3 Å². The van der Waals surface area contributed by atoms with Crippen molar-refractivity contribution >= 4 is 44.8 Å². The molecule has 0 radical (unpaired) electrons. The van der Waals surface area contributed by atoms with Gasteiger partial charge in [-0.15, -0.1) is 0 Å². The number of nitrogens with two attached hydrogens (primary N) is 1. The molecule has 0 aliphatic rings. The molecule has 2 aromatic rings. The monoisotopic (exact) mass is 362 g/mol. The Morgan fingerprint density at radius 3 is 2.50 bits per heavy atom. The number of anilines is 1. The predicted octanol–water partition coefficient (Wildman–Crippen LogP) is 3.03. The summed E-state index contributed by atoms with van der Waals surface area (Å²) in [6, 6.07) is 7.43. The summed E-state index contributed by atoms with van der Waals surface area (Å²) in [5.41, 5.74) is -0.317. The largest absolute Gasteiger partial charge is 0.322 e. The van der Waals surface area contributed by atoms with Gasteiger partial charge in [-0.05, 0) is 30.3 Å². The lowest BCUT2D eigenvalue weighted by atomic mass is 10.2. The molecule has 0 saturated heterocycles. The Bertz CT molecular complexity index is 856. The first-order valence-corrected chi connectivity index (χ1v) is 8.08. The summed E-state index contributed by atoms with van der Waals surface area (Å²) in [4.78, 5) is 11.9. The molecule has 3 N–H and O–H groups in total. The van der Waals surface area contributed by atoms with Crippen LogP contribution in [0, 0.1) is 5.82 Å². The second kappa shape index (κ2) is 6.21. The maximum absolute atomic E-state index is 13.7. The maximum Gasteiger partial charge on any atom is 0.260 e. The van der Waals surface area contributed by atoms with Crippen LogP contribution in [0.25, 0.3) is 0 Å². The number of nitrogens with one attached hydrogen (secondary N) is 1. The standard InChI is InChI=1S/C13H9Cl2FN2O3S/c14-9-4-5-10(16)11(12(9)15)13(19)18-7-2-1-3-8(6-7)22(17,20)21/h1-6H,(H,18,19)(H2,17,20,21). The zero-order chi connectivity index (χ0) is 16.5. The molecule has 0 fully saturated rings. The van der Waals surface area contributed by atoms with Gasteiger partial charge in [0.2, 0.25) is 10.0 Å². The molecule has 0 aromatic heterocycles. The number of sulfonamides is 1. The fourth-order valence-electron chi connectivity index (χ4n) is 1.68. The Morgan fingerprint density at radius 2 is 1.86 bits per heavy atom. The number of carbonyl (C=O) groups is 1. The van der Waals surface area contributed by atoms with E-state index in [1.807, 2.05) is 0 Å². The molecule has 116 valence electrons. The van der Waals surface area contributed by atoms with E-state index in [9.17, 15) is 17.6 Å². The van der Waals surface area contributed by atoms with E-state index in [1.165, 1.54) is 24.3 Å². The van der Waals surface area contributed by atoms with Gasteiger partial charge < -0.3 is 5.32 Å². The Hall–Kier alpha value is -1.67. The number of carbonyl (C=O) groups excluding carboxylic acids is 1. The number of rotatable bonds is 3. The second-order valence-electron chi connectivity index (χ2n) is 4.25. The van der Waals surface area contributed by atoms with Crippen LogP contribution in [0.2, 0.25) is 10.0 Å². The van der Waals surface area contributed by atoms with Crippen molar-refractivity contribution in [3.8, 4) is 0 Å². The zero-order valence-corrected chi connectivity index (χ0v) is 13.1. The molecule has 0 heterocycles. The van der Waals surface area contributed by atoms with Crippen molar-refractivity contribution in [3.63, 3.8) is 0 Å². The molecule has 0 atom stereocenters. The van der Waals surface area contributed by atoms with E-state index in [0.29, 0.717) is 0 Å². The van der Waals surface area contributed by atoms with Gasteiger partial charge in [0.25, 0.3) is 5.91 Å². The Morgan fingerprint density at radius 1 is 1.18 bits per heavy atom. The van der Waals surface area contributed by atoms with Crippen molar-refractivity contribution in [3.05, 3.63) is 57.8 Å². The molecular formula is C13H9Cl2FN2O3S. The van der Waals surface area contributed by atoms with Gasteiger partial charge in [-0.25, -0.2) is 17.9 Å². The fourth-order valence-corrected chi connectivity index (χ4v) is 2.64. The lowest BCUT2D eigenvalue weighted by molar-refractivity contribution is 0.102. The van der Waals surface area contributed by atoms with E-state index < -0.39 is 27.3 Å². The molecular weight excluding hydrogens is 354 g/mol. The average molecular weight is 363 g/mol. The van der Waals surface area contributed by atoms with Crippen LogP contribution in [-0.4, -0.2) is 14.3 Å². The highest BCUT2D eigenvalue weighted by Gasteiger charge is 2.19. The normalized spacial score (nSPS) is 11.3. The van der Waals surface area contributed by atoms with Gasteiger partial charge in [-0.1, -0.05) is 29.3 Å². The first-order valence-electron chi connectivity index (χ1n) is 5.78. The Labute approximate surface area is 135 Å². The summed E-state index contributed by atoms with van der Waals surface area (Å²) >= 11 is 11.6. The quantitative estimate of drug-likeness (QED) is 0.822. The highest BCUT2D eigenvalue weighted by molar-refractivity contribution is 7.89. The van der Waals surface area contributed by atoms with E-state index in [2.05, 4.69) is 5.32 Å². The summed E-state index contributed by atoms with van der Waals surface area (Å²) in [7, 11) is -3.92. The third-order valence-corrected chi connectivity index (χ3v) is 4.41. The van der Waals surface area contributed by atoms with E-state index in [-0.39, 0.29) is 20.6 Å². The number of primary sulfonamides is 1. The van der Waals surface area contributed by atoms with Crippen LogP contribution in [0.3, 0.4) is 0 Å². The van der Waals surface area contributed by atoms with Gasteiger partial charge in [-0.3, -0.25) is 4.79 Å². The highest BCUT2D eigenvalue weighted by Crippen LogP contribution is 2.28. The predicted molar refractivity (Wildman–Crippen MR) is 82.2 cm³/mol. The maximum atomic E-state index is 13.7. The van der Waals surface area contributed by atoms with Gasteiger partial charge in [0.15, 0.2) is 0 Å². The fraction of sp³-hybridized carbons (Fsp3) is 0. The summed E-state index contributed by atoms with van der Waals surface area (Å²) in [6.07, 6.45) is 0. The van der Waals surface area contributed by atoms with Gasteiger partial charge in [0.05, 0.1) is 20.5 Å². The summed E-state index contributed by atoms with van der Waals surface area (Å²) in [6.45, 7) is 0. The number of amides is 1. The summed E-state index contributed by atoms with van der Waals surface area (Å²) in [5.74, 6) is -1.72. The third kappa shape index (κ3) is 3.56. The van der Waals surface area contributed by atoms with Crippen molar-refractivity contribution < 1.29 is 17.6 Å². The van der Waals surface area contributed by atoms with Crippen molar-refractivity contribution in [2.24, 2.45) is 5.14 Å². The molecule has 22 heavy (non-hydrogen) atoms. The molecule has 1 amide bonds. The van der Waals surface area contributed by atoms with Crippen LogP contribution in [0.15, 0.2) is 41.3 Å². The molecule has 9 heteroatoms. The third-order valence-electron chi connectivity index (χ3n) is 2.69. The smallest absolute Gasteiger partial charge is 0.260 e. The van der Waals surface area contributed by atoms with Crippen LogP contribution < -0.4 is 10.5 Å². The van der Waals surface area contributed by atoms with Gasteiger partial charge in [-0.2, -0.15) is 0 Å². The van der Waals surface area contributed by atoms with Crippen LogP contribution in [0.4, 0.5) is 10.1 Å². The zero-order valence-electron chi connectivity index (χ0n) is 10.8. The first kappa shape index (κ1) is 16.7. The lowest BCUT2D eigenvalue weighted by Gasteiger charge is -2.09. The van der Waals surface area contributed by atoms with E-state index in [0.717, 1.165) is 12.1 Å². The van der Waals surface area contributed by atoms with Gasteiger partial charge in [0, 0.05) is 5.69 Å². The molecule has 0 saturated carbocycles. The number of hydrogen-bond donors (Lipinski definition) is 2. The van der Waals surface area contributed by atoms with E-state index in [1.54, 1.807) is 0 Å². The SMILES string of the molecule is NS(=O)(=O)c1cccc(NC(=O)c2c(F)ccc(Cl)c2Cl)c1. The van der Waals surface area contributed by atoms with Gasteiger partial charge in [0.1, 0.15) is 5.82 Å². The van der Waals surface area contributed by atoms with Crippen molar-refractivity contribution in [1.29, 1.82) is 0 Å². The second-order valence-corrected chi connectivity index (χ2v) is 6.59. The molecule has 2 aromatic carbocycles. The summed E-state index contributed by atoms with van der Waals surface area (Å²) < 4.78 is 36.3.